The minimum Gasteiger partial charge on any atom is -0.493 e. The van der Waals surface area contributed by atoms with Gasteiger partial charge in [0.25, 0.3) is 6.04 Å². The molecule has 10 nitrogen and oxygen atoms in total. The number of carbonyl (C=O) groups excluding carboxylic acids is 2. The summed E-state index contributed by atoms with van der Waals surface area (Å²) in [6.45, 7) is 1.67. The van der Waals surface area contributed by atoms with E-state index in [2.05, 4.69) is 0 Å². The average molecular weight is 371 g/mol. The van der Waals surface area contributed by atoms with E-state index in [4.69, 9.17) is 23.7 Å². The number of esters is 2. The normalized spacial score (nSPS) is 12.5. The molecule has 0 heterocycles. The molecule has 0 radical (unpaired) electrons. The summed E-state index contributed by atoms with van der Waals surface area (Å²) in [5.74, 6) is -0.693. The molecule has 0 aromatic heterocycles. The number of nitrogens with zero attached hydrogens (tertiary/aromatic N) is 1. The third-order valence-corrected chi connectivity index (χ3v) is 3.39. The Kier molecular flexibility index (Phi) is 7.63. The Morgan fingerprint density at radius 3 is 1.92 bits per heavy atom. The minimum atomic E-state index is -1.52. The zero-order valence-corrected chi connectivity index (χ0v) is 15.1. The Labute approximate surface area is 150 Å². The molecule has 0 saturated heterocycles. The van der Waals surface area contributed by atoms with E-state index in [9.17, 15) is 19.7 Å². The smallest absolute Gasteiger partial charge is 0.303 e. The molecule has 0 saturated carbocycles. The molecule has 10 heteroatoms. The van der Waals surface area contributed by atoms with Gasteiger partial charge in [0.2, 0.25) is 5.75 Å². The van der Waals surface area contributed by atoms with Gasteiger partial charge in [-0.25, -0.2) is 0 Å². The third-order valence-electron chi connectivity index (χ3n) is 3.39. The van der Waals surface area contributed by atoms with Gasteiger partial charge in [-0.2, -0.15) is 0 Å². The van der Waals surface area contributed by atoms with E-state index < -0.39 is 35.6 Å². The maximum Gasteiger partial charge on any atom is 0.303 e. The molecule has 1 aromatic rings. The van der Waals surface area contributed by atoms with E-state index in [1.165, 1.54) is 33.5 Å². The van der Waals surface area contributed by atoms with E-state index in [0.717, 1.165) is 13.8 Å². The zero-order valence-electron chi connectivity index (χ0n) is 15.1. The number of benzene rings is 1. The molecule has 0 aliphatic rings. The maximum atomic E-state index is 11.5. The fourth-order valence-corrected chi connectivity index (χ4v) is 2.27. The van der Waals surface area contributed by atoms with Crippen LogP contribution in [-0.4, -0.2) is 50.8 Å². The van der Waals surface area contributed by atoms with E-state index in [1.54, 1.807) is 0 Å². The Bertz CT molecular complexity index is 649. The van der Waals surface area contributed by atoms with Gasteiger partial charge in [0, 0.05) is 24.3 Å². The molecule has 1 aromatic carbocycles. The summed E-state index contributed by atoms with van der Waals surface area (Å²) in [6.07, 6.45) is -1.34. The number of ether oxygens (including phenoxy) is 5. The Balaban J connectivity index is 3.44. The van der Waals surface area contributed by atoms with E-state index in [-0.39, 0.29) is 22.8 Å². The third kappa shape index (κ3) is 5.23. The Morgan fingerprint density at radius 1 is 1.04 bits per heavy atom. The zero-order chi connectivity index (χ0) is 19.9. The van der Waals surface area contributed by atoms with Crippen LogP contribution in [0.15, 0.2) is 12.1 Å². The molecule has 0 spiro atoms. The minimum absolute atomic E-state index is 0.226. The molecular weight excluding hydrogens is 350 g/mol. The lowest BCUT2D eigenvalue weighted by atomic mass is 10.0. The van der Waals surface area contributed by atoms with Gasteiger partial charge >= 0.3 is 11.9 Å². The highest BCUT2D eigenvalue weighted by molar-refractivity contribution is 5.67. The van der Waals surface area contributed by atoms with Gasteiger partial charge in [0.15, 0.2) is 24.2 Å². The topological polar surface area (TPSA) is 123 Å². The molecule has 1 rings (SSSR count). The lowest BCUT2D eigenvalue weighted by Gasteiger charge is -2.22. The van der Waals surface area contributed by atoms with Crippen LogP contribution in [0, 0.1) is 10.1 Å². The predicted octanol–water partition coefficient (Wildman–Crippen LogP) is 1.52. The molecule has 0 bridgehead atoms. The predicted molar refractivity (Wildman–Crippen MR) is 88.0 cm³/mol. The van der Waals surface area contributed by atoms with Crippen LogP contribution < -0.4 is 14.2 Å². The standard InChI is InChI=1S/C16H21NO9/c1-9(18)25-8-12(17(20)21)15(26-10(2)19)11-6-13(22-3)16(24-5)14(7-11)23-4/h6-7,12,15H,8H2,1-5H3. The summed E-state index contributed by atoms with van der Waals surface area (Å²) in [5, 5.41) is 11.5. The second-order valence-electron chi connectivity index (χ2n) is 5.14. The van der Waals surface area contributed by atoms with Crippen LogP contribution in [0.3, 0.4) is 0 Å². The average Bonchev–Trinajstić information content (AvgIpc) is 2.58. The maximum absolute atomic E-state index is 11.5. The van der Waals surface area contributed by atoms with Gasteiger partial charge in [-0.1, -0.05) is 0 Å². The van der Waals surface area contributed by atoms with Gasteiger partial charge in [0.05, 0.1) is 21.3 Å². The van der Waals surface area contributed by atoms with Crippen molar-refractivity contribution in [1.29, 1.82) is 0 Å². The molecule has 2 atom stereocenters. The van der Waals surface area contributed by atoms with Crippen molar-refractivity contribution in [2.45, 2.75) is 26.0 Å². The molecule has 0 fully saturated rings. The van der Waals surface area contributed by atoms with Gasteiger partial charge < -0.3 is 23.7 Å². The van der Waals surface area contributed by atoms with E-state index >= 15 is 0 Å². The molecule has 0 N–H and O–H groups in total. The molecule has 144 valence electrons. The summed E-state index contributed by atoms with van der Waals surface area (Å²) in [6, 6.07) is 1.34. The summed E-state index contributed by atoms with van der Waals surface area (Å²) >= 11 is 0. The quantitative estimate of drug-likeness (QED) is 0.361. The fraction of sp³-hybridized carbons (Fsp3) is 0.500. The lowest BCUT2D eigenvalue weighted by Crippen LogP contribution is -2.35. The molecule has 2 unspecified atom stereocenters. The summed E-state index contributed by atoms with van der Waals surface area (Å²) in [5.41, 5.74) is 0.226. The van der Waals surface area contributed by atoms with Crippen molar-refractivity contribution in [2.24, 2.45) is 0 Å². The number of hydrogen-bond acceptors (Lipinski definition) is 9. The van der Waals surface area contributed by atoms with Crippen molar-refractivity contribution in [1.82, 2.24) is 0 Å². The van der Waals surface area contributed by atoms with Crippen molar-refractivity contribution in [2.75, 3.05) is 27.9 Å². The fourth-order valence-electron chi connectivity index (χ4n) is 2.27. The lowest BCUT2D eigenvalue weighted by molar-refractivity contribution is -0.538. The summed E-state index contributed by atoms with van der Waals surface area (Å²) in [4.78, 5) is 33.3. The van der Waals surface area contributed by atoms with Crippen LogP contribution in [0.5, 0.6) is 17.2 Å². The monoisotopic (exact) mass is 371 g/mol. The van der Waals surface area contributed by atoms with Crippen molar-refractivity contribution in [3.8, 4) is 17.2 Å². The highest BCUT2D eigenvalue weighted by Gasteiger charge is 2.38. The van der Waals surface area contributed by atoms with Crippen molar-refractivity contribution >= 4 is 11.9 Å². The highest BCUT2D eigenvalue weighted by Crippen LogP contribution is 2.41. The van der Waals surface area contributed by atoms with Crippen molar-refractivity contribution in [3.05, 3.63) is 27.8 Å². The Morgan fingerprint density at radius 2 is 1.58 bits per heavy atom. The number of rotatable bonds is 9. The number of methoxy groups -OCH3 is 3. The van der Waals surface area contributed by atoms with Crippen molar-refractivity contribution in [3.63, 3.8) is 0 Å². The van der Waals surface area contributed by atoms with Gasteiger partial charge in [-0.05, 0) is 12.1 Å². The van der Waals surface area contributed by atoms with Crippen LogP contribution in [0.2, 0.25) is 0 Å². The Hall–Kier alpha value is -3.04. The number of nitro groups is 1. The van der Waals surface area contributed by atoms with Crippen LogP contribution in [-0.2, 0) is 19.1 Å². The molecular formula is C16H21NO9. The SMILES string of the molecule is COc1cc(C(OC(C)=O)C(COC(C)=O)[N+](=O)[O-])cc(OC)c1OC. The van der Waals surface area contributed by atoms with Crippen LogP contribution in [0.4, 0.5) is 0 Å². The first-order valence-electron chi connectivity index (χ1n) is 7.49. The second kappa shape index (κ2) is 9.44. The van der Waals surface area contributed by atoms with E-state index in [1.807, 2.05) is 0 Å². The van der Waals surface area contributed by atoms with Crippen molar-refractivity contribution < 1.29 is 38.2 Å². The van der Waals surface area contributed by atoms with E-state index in [0.29, 0.717) is 0 Å². The summed E-state index contributed by atoms with van der Waals surface area (Å²) in [7, 11) is 4.17. The molecule has 26 heavy (non-hydrogen) atoms. The second-order valence-corrected chi connectivity index (χ2v) is 5.14. The molecule has 0 amide bonds. The van der Waals surface area contributed by atoms with Crippen LogP contribution in [0.1, 0.15) is 25.5 Å². The number of carbonyl (C=O) groups is 2. The van der Waals surface area contributed by atoms with Crippen LogP contribution in [0.25, 0.3) is 0 Å². The van der Waals surface area contributed by atoms with Gasteiger partial charge in [-0.15, -0.1) is 0 Å². The molecule has 0 aliphatic heterocycles. The van der Waals surface area contributed by atoms with Gasteiger partial charge in [-0.3, -0.25) is 19.7 Å². The number of hydrogen-bond donors (Lipinski definition) is 0. The highest BCUT2D eigenvalue weighted by atomic mass is 16.6. The first kappa shape index (κ1) is 21.0. The largest absolute Gasteiger partial charge is 0.493 e. The first-order chi connectivity index (χ1) is 12.2. The first-order valence-corrected chi connectivity index (χ1v) is 7.49. The molecule has 0 aliphatic carbocycles. The van der Waals surface area contributed by atoms with Gasteiger partial charge in [0.1, 0.15) is 0 Å². The summed E-state index contributed by atoms with van der Waals surface area (Å²) < 4.78 is 25.5. The van der Waals surface area contributed by atoms with Crippen LogP contribution >= 0.6 is 0 Å².